The summed E-state index contributed by atoms with van der Waals surface area (Å²) in [6, 6.07) is 8.26. The molecule has 1 aromatic rings. The van der Waals surface area contributed by atoms with Gasteiger partial charge < -0.3 is 15.4 Å². The molecule has 0 aliphatic carbocycles. The topological polar surface area (TPSA) is 38.5 Å². The van der Waals surface area contributed by atoms with Gasteiger partial charge in [-0.25, -0.2) is 0 Å². The van der Waals surface area contributed by atoms with E-state index in [1.165, 1.54) is 11.3 Å². The zero-order chi connectivity index (χ0) is 13.4. The molecule has 0 aromatic heterocycles. The summed E-state index contributed by atoms with van der Waals surface area (Å²) >= 11 is 0. The summed E-state index contributed by atoms with van der Waals surface area (Å²) in [4.78, 5) is 2.21. The first-order chi connectivity index (χ1) is 8.65. The SMILES string of the molecule is CC(C)CCOCCN(C)c1ccccc1CN. The normalized spacial score (nSPS) is 10.9. The van der Waals surface area contributed by atoms with Crippen LogP contribution in [0.25, 0.3) is 0 Å². The van der Waals surface area contributed by atoms with Crippen molar-refractivity contribution >= 4 is 5.69 Å². The summed E-state index contributed by atoms with van der Waals surface area (Å²) in [7, 11) is 2.08. The van der Waals surface area contributed by atoms with Crippen LogP contribution in [0.3, 0.4) is 0 Å². The van der Waals surface area contributed by atoms with E-state index in [1.807, 2.05) is 12.1 Å². The molecule has 3 heteroatoms. The van der Waals surface area contributed by atoms with Crippen molar-refractivity contribution in [3.05, 3.63) is 29.8 Å². The Morgan fingerprint density at radius 1 is 1.22 bits per heavy atom. The van der Waals surface area contributed by atoms with Crippen LogP contribution in [0.4, 0.5) is 5.69 Å². The molecule has 0 spiro atoms. The zero-order valence-corrected chi connectivity index (χ0v) is 11.9. The molecule has 1 rings (SSSR count). The van der Waals surface area contributed by atoms with Crippen molar-refractivity contribution in [1.82, 2.24) is 0 Å². The minimum Gasteiger partial charge on any atom is -0.380 e. The number of likely N-dealkylation sites (N-methyl/N-ethyl adjacent to an activating group) is 1. The van der Waals surface area contributed by atoms with Crippen molar-refractivity contribution in [1.29, 1.82) is 0 Å². The molecule has 0 amide bonds. The van der Waals surface area contributed by atoms with E-state index in [1.54, 1.807) is 0 Å². The van der Waals surface area contributed by atoms with Gasteiger partial charge in [0.15, 0.2) is 0 Å². The van der Waals surface area contributed by atoms with Gasteiger partial charge in [-0.1, -0.05) is 32.0 Å². The van der Waals surface area contributed by atoms with Crippen LogP contribution in [-0.2, 0) is 11.3 Å². The van der Waals surface area contributed by atoms with Crippen LogP contribution < -0.4 is 10.6 Å². The molecular weight excluding hydrogens is 224 g/mol. The van der Waals surface area contributed by atoms with E-state index < -0.39 is 0 Å². The smallest absolute Gasteiger partial charge is 0.0641 e. The van der Waals surface area contributed by atoms with Crippen LogP contribution in [0.15, 0.2) is 24.3 Å². The third kappa shape index (κ3) is 5.07. The second-order valence-electron chi connectivity index (χ2n) is 5.05. The maximum absolute atomic E-state index is 5.74. The van der Waals surface area contributed by atoms with Gasteiger partial charge in [0, 0.05) is 32.4 Å². The predicted octanol–water partition coefficient (Wildman–Crippen LogP) is 2.64. The molecule has 0 fully saturated rings. The van der Waals surface area contributed by atoms with Crippen LogP contribution in [0.1, 0.15) is 25.8 Å². The van der Waals surface area contributed by atoms with Crippen molar-refractivity contribution in [3.63, 3.8) is 0 Å². The summed E-state index contributed by atoms with van der Waals surface area (Å²) in [5.74, 6) is 0.709. The van der Waals surface area contributed by atoms with Gasteiger partial charge in [0.2, 0.25) is 0 Å². The Bertz CT molecular complexity index is 339. The minimum absolute atomic E-state index is 0.578. The Hall–Kier alpha value is -1.06. The van der Waals surface area contributed by atoms with Gasteiger partial charge in [-0.15, -0.1) is 0 Å². The van der Waals surface area contributed by atoms with Crippen molar-refractivity contribution in [2.45, 2.75) is 26.8 Å². The second kappa shape index (κ2) is 8.11. The average molecular weight is 250 g/mol. The number of benzene rings is 1. The summed E-state index contributed by atoms with van der Waals surface area (Å²) in [5, 5.41) is 0. The predicted molar refractivity (Wildman–Crippen MR) is 77.9 cm³/mol. The fourth-order valence-corrected chi connectivity index (χ4v) is 1.80. The van der Waals surface area contributed by atoms with Crippen LogP contribution in [0, 0.1) is 5.92 Å². The molecular formula is C15H26N2O. The lowest BCUT2D eigenvalue weighted by Crippen LogP contribution is -2.24. The van der Waals surface area contributed by atoms with Crippen molar-refractivity contribution in [2.75, 3.05) is 31.7 Å². The highest BCUT2D eigenvalue weighted by atomic mass is 16.5. The zero-order valence-electron chi connectivity index (χ0n) is 11.9. The Balaban J connectivity index is 2.34. The standard InChI is InChI=1S/C15H26N2O/c1-13(2)8-10-18-11-9-17(3)15-7-5-4-6-14(15)12-16/h4-7,13H,8-12,16H2,1-3H3. The van der Waals surface area contributed by atoms with Gasteiger partial charge in [-0.3, -0.25) is 0 Å². The van der Waals surface area contributed by atoms with Gasteiger partial charge >= 0.3 is 0 Å². The third-order valence-electron chi connectivity index (χ3n) is 3.03. The van der Waals surface area contributed by atoms with Crippen LogP contribution >= 0.6 is 0 Å². The lowest BCUT2D eigenvalue weighted by atomic mass is 10.1. The lowest BCUT2D eigenvalue weighted by molar-refractivity contribution is 0.130. The van der Waals surface area contributed by atoms with E-state index >= 15 is 0 Å². The van der Waals surface area contributed by atoms with Crippen LogP contribution in [0.5, 0.6) is 0 Å². The molecule has 0 unspecified atom stereocenters. The minimum atomic E-state index is 0.578. The lowest BCUT2D eigenvalue weighted by Gasteiger charge is -2.22. The summed E-state index contributed by atoms with van der Waals surface area (Å²) in [5.41, 5.74) is 8.12. The third-order valence-corrected chi connectivity index (χ3v) is 3.03. The number of rotatable bonds is 8. The van der Waals surface area contributed by atoms with E-state index in [0.29, 0.717) is 12.5 Å². The highest BCUT2D eigenvalue weighted by Crippen LogP contribution is 2.18. The van der Waals surface area contributed by atoms with Crippen molar-refractivity contribution in [2.24, 2.45) is 11.7 Å². The second-order valence-corrected chi connectivity index (χ2v) is 5.05. The van der Waals surface area contributed by atoms with Gasteiger partial charge in [0.25, 0.3) is 0 Å². The number of hydrogen-bond acceptors (Lipinski definition) is 3. The molecule has 102 valence electrons. The fraction of sp³-hybridized carbons (Fsp3) is 0.600. The molecule has 0 bridgehead atoms. The molecule has 0 aliphatic rings. The monoisotopic (exact) mass is 250 g/mol. The number of hydrogen-bond donors (Lipinski definition) is 1. The maximum Gasteiger partial charge on any atom is 0.0641 e. The first-order valence-corrected chi connectivity index (χ1v) is 6.72. The molecule has 2 N–H and O–H groups in total. The Labute approximate surface area is 111 Å². The first-order valence-electron chi connectivity index (χ1n) is 6.72. The summed E-state index contributed by atoms with van der Waals surface area (Å²) < 4.78 is 5.64. The fourth-order valence-electron chi connectivity index (χ4n) is 1.80. The van der Waals surface area contributed by atoms with E-state index in [2.05, 4.69) is 37.9 Å². The molecule has 3 nitrogen and oxygen atoms in total. The number of nitrogens with zero attached hydrogens (tertiary/aromatic N) is 1. The molecule has 0 atom stereocenters. The van der Waals surface area contributed by atoms with Gasteiger partial charge in [-0.2, -0.15) is 0 Å². The molecule has 1 aromatic carbocycles. The molecule has 0 heterocycles. The van der Waals surface area contributed by atoms with Crippen molar-refractivity contribution < 1.29 is 4.74 Å². The quantitative estimate of drug-likeness (QED) is 0.721. The van der Waals surface area contributed by atoms with Gasteiger partial charge in [-0.05, 0) is 24.0 Å². The first kappa shape index (κ1) is 15.0. The van der Waals surface area contributed by atoms with Crippen LogP contribution in [0.2, 0.25) is 0 Å². The highest BCUT2D eigenvalue weighted by Gasteiger charge is 2.05. The Morgan fingerprint density at radius 3 is 2.61 bits per heavy atom. The molecule has 0 aliphatic heterocycles. The molecule has 0 saturated heterocycles. The average Bonchev–Trinajstić information content (AvgIpc) is 2.37. The van der Waals surface area contributed by atoms with E-state index in [0.717, 1.165) is 26.2 Å². The van der Waals surface area contributed by atoms with Crippen LogP contribution in [-0.4, -0.2) is 26.8 Å². The number of nitrogens with two attached hydrogens (primary N) is 1. The maximum atomic E-state index is 5.74. The Kier molecular flexibility index (Phi) is 6.76. The van der Waals surface area contributed by atoms with Gasteiger partial charge in [0.05, 0.1) is 6.61 Å². The van der Waals surface area contributed by atoms with Crippen molar-refractivity contribution in [3.8, 4) is 0 Å². The highest BCUT2D eigenvalue weighted by molar-refractivity contribution is 5.52. The number of ether oxygens (including phenoxy) is 1. The van der Waals surface area contributed by atoms with E-state index in [9.17, 15) is 0 Å². The largest absolute Gasteiger partial charge is 0.380 e. The van der Waals surface area contributed by atoms with E-state index in [-0.39, 0.29) is 0 Å². The molecule has 18 heavy (non-hydrogen) atoms. The number of anilines is 1. The number of para-hydroxylation sites is 1. The summed E-state index contributed by atoms with van der Waals surface area (Å²) in [6.45, 7) is 7.52. The van der Waals surface area contributed by atoms with E-state index in [4.69, 9.17) is 10.5 Å². The molecule has 0 radical (unpaired) electrons. The van der Waals surface area contributed by atoms with Gasteiger partial charge in [0.1, 0.15) is 0 Å². The Morgan fingerprint density at radius 2 is 1.94 bits per heavy atom. The molecule has 0 saturated carbocycles. The summed E-state index contributed by atoms with van der Waals surface area (Å²) in [6.07, 6.45) is 1.13.